The number of hydrogen-bond donors (Lipinski definition) is 3. The summed E-state index contributed by atoms with van der Waals surface area (Å²) < 4.78 is 5.36. The number of amides is 4. The number of anilines is 1. The predicted octanol–water partition coefficient (Wildman–Crippen LogP) is 5.19. The lowest BCUT2D eigenvalue weighted by Crippen LogP contribution is -2.56. The number of nitrogens with two attached hydrogens (primary N) is 1. The molecule has 0 saturated heterocycles. The third-order valence-electron chi connectivity index (χ3n) is 5.56. The Kier molecular flexibility index (Phi) is 11.0. The molecule has 0 bridgehead atoms. The van der Waals surface area contributed by atoms with Crippen molar-refractivity contribution in [2.75, 3.05) is 12.3 Å². The monoisotopic (exact) mass is 551 g/mol. The Bertz CT molecular complexity index is 1090. The summed E-state index contributed by atoms with van der Waals surface area (Å²) in [5.41, 5.74) is 6.39. The van der Waals surface area contributed by atoms with Crippen molar-refractivity contribution >= 4 is 47.1 Å². The number of halogens is 2. The highest BCUT2D eigenvalue weighted by Crippen LogP contribution is 2.23. The molecular formula is C26H35Cl2N5O4. The Balaban J connectivity index is 2.27. The lowest BCUT2D eigenvalue weighted by atomic mass is 9.97. The van der Waals surface area contributed by atoms with Gasteiger partial charge in [-0.05, 0) is 62.4 Å². The van der Waals surface area contributed by atoms with Crippen LogP contribution in [-0.2, 0) is 22.5 Å². The van der Waals surface area contributed by atoms with Crippen LogP contribution in [0.1, 0.15) is 52.2 Å². The molecule has 2 aromatic rings. The van der Waals surface area contributed by atoms with Gasteiger partial charge in [0.05, 0.1) is 10.0 Å². The first-order valence-electron chi connectivity index (χ1n) is 12.0. The lowest BCUT2D eigenvalue weighted by Gasteiger charge is -2.30. The first-order valence-corrected chi connectivity index (χ1v) is 12.8. The van der Waals surface area contributed by atoms with Crippen LogP contribution in [0, 0.1) is 5.92 Å². The molecule has 0 unspecified atom stereocenters. The largest absolute Gasteiger partial charge is 0.444 e. The molecule has 202 valence electrons. The summed E-state index contributed by atoms with van der Waals surface area (Å²) in [5.74, 6) is -0.451. The normalized spacial score (nSPS) is 12.8. The fourth-order valence-electron chi connectivity index (χ4n) is 3.35. The predicted molar refractivity (Wildman–Crippen MR) is 145 cm³/mol. The van der Waals surface area contributed by atoms with Crippen molar-refractivity contribution in [3.05, 3.63) is 57.7 Å². The number of pyridine rings is 1. The van der Waals surface area contributed by atoms with E-state index < -0.39 is 29.7 Å². The molecule has 0 radical (unpaired) electrons. The van der Waals surface area contributed by atoms with Crippen LogP contribution in [0.25, 0.3) is 0 Å². The zero-order chi connectivity index (χ0) is 27.8. The molecule has 0 fully saturated rings. The molecule has 2 rings (SSSR count). The van der Waals surface area contributed by atoms with Gasteiger partial charge in [-0.2, -0.15) is 0 Å². The maximum Gasteiger partial charge on any atom is 0.408 e. The molecule has 1 aromatic heterocycles. The molecule has 0 aliphatic carbocycles. The molecule has 9 nitrogen and oxygen atoms in total. The number of benzene rings is 1. The van der Waals surface area contributed by atoms with Gasteiger partial charge in [-0.15, -0.1) is 0 Å². The molecule has 1 heterocycles. The van der Waals surface area contributed by atoms with E-state index in [2.05, 4.69) is 15.6 Å². The number of hydrogen-bond acceptors (Lipinski definition) is 6. The lowest BCUT2D eigenvalue weighted by molar-refractivity contribution is -0.131. The number of nitrogen functional groups attached to an aromatic ring is 1. The van der Waals surface area contributed by atoms with E-state index in [4.69, 9.17) is 33.7 Å². The van der Waals surface area contributed by atoms with Crippen molar-refractivity contribution in [1.29, 1.82) is 0 Å². The van der Waals surface area contributed by atoms with Crippen LogP contribution in [0.5, 0.6) is 0 Å². The standard InChI is InChI=1S/C26H35Cl2N5O4/c1-6-16(2)22(32-25(36)37-26(3,4)5)23(34)33(12-11-17-7-9-19(27)20(28)13-17)24(35)31-15-18-8-10-21(29)30-14-18/h7-10,13-14,16,22H,6,11-12,15H2,1-5H3,(H2,29,30)(H,31,35)(H,32,36)/t16-,22-/m0/s1. The van der Waals surface area contributed by atoms with Gasteiger partial charge in [0, 0.05) is 19.3 Å². The van der Waals surface area contributed by atoms with Crippen LogP contribution in [0.4, 0.5) is 15.4 Å². The van der Waals surface area contributed by atoms with Gasteiger partial charge in [0.25, 0.3) is 5.91 Å². The third-order valence-corrected chi connectivity index (χ3v) is 6.30. The van der Waals surface area contributed by atoms with Gasteiger partial charge in [-0.25, -0.2) is 14.6 Å². The Labute approximate surface area is 228 Å². The smallest absolute Gasteiger partial charge is 0.408 e. The maximum atomic E-state index is 13.7. The Morgan fingerprint density at radius 2 is 1.78 bits per heavy atom. The zero-order valence-corrected chi connectivity index (χ0v) is 23.3. The van der Waals surface area contributed by atoms with Crippen LogP contribution < -0.4 is 16.4 Å². The maximum absolute atomic E-state index is 13.7. The number of carbonyl (C=O) groups is 3. The van der Waals surface area contributed by atoms with Crippen molar-refractivity contribution in [2.45, 2.75) is 65.6 Å². The Morgan fingerprint density at radius 3 is 2.35 bits per heavy atom. The second-order valence-corrected chi connectivity index (χ2v) is 10.6. The molecule has 1 aromatic carbocycles. The van der Waals surface area contributed by atoms with Crippen molar-refractivity contribution < 1.29 is 19.1 Å². The van der Waals surface area contributed by atoms with Crippen LogP contribution in [0.2, 0.25) is 10.0 Å². The average Bonchev–Trinajstić information content (AvgIpc) is 2.82. The number of urea groups is 1. The first kappa shape index (κ1) is 30.2. The van der Waals surface area contributed by atoms with Crippen LogP contribution in [-0.4, -0.2) is 46.1 Å². The van der Waals surface area contributed by atoms with E-state index in [9.17, 15) is 14.4 Å². The molecule has 11 heteroatoms. The molecule has 0 aliphatic rings. The van der Waals surface area contributed by atoms with Crippen molar-refractivity contribution in [3.8, 4) is 0 Å². The number of nitrogens with one attached hydrogen (secondary N) is 2. The fourth-order valence-corrected chi connectivity index (χ4v) is 3.67. The minimum absolute atomic E-state index is 0.0472. The van der Waals surface area contributed by atoms with Gasteiger partial charge in [0.2, 0.25) is 0 Å². The topological polar surface area (TPSA) is 127 Å². The highest BCUT2D eigenvalue weighted by molar-refractivity contribution is 6.42. The van der Waals surface area contributed by atoms with E-state index in [0.29, 0.717) is 34.3 Å². The quantitative estimate of drug-likeness (QED) is 0.393. The Hall–Kier alpha value is -3.04. The minimum atomic E-state index is -0.974. The highest BCUT2D eigenvalue weighted by Gasteiger charge is 2.34. The summed E-state index contributed by atoms with van der Waals surface area (Å²) >= 11 is 12.2. The third kappa shape index (κ3) is 9.74. The van der Waals surface area contributed by atoms with Crippen LogP contribution >= 0.6 is 23.2 Å². The second-order valence-electron chi connectivity index (χ2n) is 9.75. The molecule has 0 aliphatic heterocycles. The van der Waals surface area contributed by atoms with Gasteiger partial charge < -0.3 is 21.1 Å². The number of carbonyl (C=O) groups excluding carboxylic acids is 3. The van der Waals surface area contributed by atoms with E-state index >= 15 is 0 Å². The summed E-state index contributed by atoms with van der Waals surface area (Å²) in [6.45, 7) is 9.10. The summed E-state index contributed by atoms with van der Waals surface area (Å²) in [6.07, 6.45) is 1.73. The van der Waals surface area contributed by atoms with Gasteiger partial charge in [-0.1, -0.05) is 55.6 Å². The highest BCUT2D eigenvalue weighted by atomic mass is 35.5. The molecular weight excluding hydrogens is 517 g/mol. The van der Waals surface area contributed by atoms with Gasteiger partial charge in [0.1, 0.15) is 17.5 Å². The van der Waals surface area contributed by atoms with E-state index in [1.54, 1.807) is 57.3 Å². The van der Waals surface area contributed by atoms with E-state index in [0.717, 1.165) is 10.5 Å². The second kappa shape index (κ2) is 13.5. The van der Waals surface area contributed by atoms with Gasteiger partial charge in [0.15, 0.2) is 0 Å². The van der Waals surface area contributed by atoms with Crippen molar-refractivity contribution in [1.82, 2.24) is 20.5 Å². The Morgan fingerprint density at radius 1 is 1.11 bits per heavy atom. The van der Waals surface area contributed by atoms with Gasteiger partial charge in [-0.3, -0.25) is 9.69 Å². The summed E-state index contributed by atoms with van der Waals surface area (Å²) in [7, 11) is 0. The first-order chi connectivity index (χ1) is 17.3. The number of aromatic nitrogens is 1. The van der Waals surface area contributed by atoms with E-state index in [1.165, 1.54) is 0 Å². The molecule has 4 amide bonds. The number of nitrogens with zero attached hydrogens (tertiary/aromatic N) is 2. The van der Waals surface area contributed by atoms with Gasteiger partial charge >= 0.3 is 12.1 Å². The van der Waals surface area contributed by atoms with E-state index in [-0.39, 0.29) is 19.0 Å². The molecule has 0 spiro atoms. The molecule has 2 atom stereocenters. The SMILES string of the molecule is CC[C@H](C)[C@H](NC(=O)OC(C)(C)C)C(=O)N(CCc1ccc(Cl)c(Cl)c1)C(=O)NCc1ccc(N)nc1. The number of imide groups is 1. The summed E-state index contributed by atoms with van der Waals surface area (Å²) in [4.78, 5) is 44.6. The molecule has 4 N–H and O–H groups in total. The summed E-state index contributed by atoms with van der Waals surface area (Å²) in [6, 6.07) is 6.90. The van der Waals surface area contributed by atoms with Crippen LogP contribution in [0.3, 0.4) is 0 Å². The minimum Gasteiger partial charge on any atom is -0.444 e. The number of rotatable bonds is 9. The fraction of sp³-hybridized carbons (Fsp3) is 0.462. The average molecular weight is 553 g/mol. The number of ether oxygens (including phenoxy) is 1. The summed E-state index contributed by atoms with van der Waals surface area (Å²) in [5, 5.41) is 6.20. The zero-order valence-electron chi connectivity index (χ0n) is 21.8. The van der Waals surface area contributed by atoms with Crippen molar-refractivity contribution in [2.24, 2.45) is 5.92 Å². The molecule has 0 saturated carbocycles. The van der Waals surface area contributed by atoms with E-state index in [1.807, 2.05) is 13.8 Å². The number of alkyl carbamates (subject to hydrolysis) is 1. The van der Waals surface area contributed by atoms with Crippen LogP contribution in [0.15, 0.2) is 36.5 Å². The van der Waals surface area contributed by atoms with Crippen molar-refractivity contribution in [3.63, 3.8) is 0 Å². The molecule has 37 heavy (non-hydrogen) atoms.